The number of hydrogen-bond donors (Lipinski definition) is 3. The standard InChI is InChI=1S/C28H30N6O5/c35-25-17-37-23-7-8-24(32-27(23)33-25)34-15-21(39-28(34)36)10-11-29-14-18-3-1-4-19(13-18)22-5-2-6-26(31-22)38-16-20-9-12-30-20/h1-8,13,20-21,29-30H,9-12,14-17H2,(H,32,33,35). The number of rotatable bonds is 10. The van der Waals surface area contributed by atoms with E-state index in [1.807, 2.05) is 30.3 Å². The van der Waals surface area contributed by atoms with Crippen LogP contribution in [0, 0.1) is 0 Å². The molecular weight excluding hydrogens is 500 g/mol. The Hall–Kier alpha value is -4.22. The lowest BCUT2D eigenvalue weighted by molar-refractivity contribution is -0.118. The fraction of sp³-hybridized carbons (Fsp3) is 0.357. The lowest BCUT2D eigenvalue weighted by Gasteiger charge is -2.27. The van der Waals surface area contributed by atoms with Gasteiger partial charge in [0.15, 0.2) is 18.2 Å². The average Bonchev–Trinajstić information content (AvgIpc) is 3.30. The molecule has 3 N–H and O–H groups in total. The highest BCUT2D eigenvalue weighted by Crippen LogP contribution is 2.30. The molecule has 0 spiro atoms. The summed E-state index contributed by atoms with van der Waals surface area (Å²) in [6.07, 6.45) is 1.08. The first-order chi connectivity index (χ1) is 19.1. The quantitative estimate of drug-likeness (QED) is 0.339. The van der Waals surface area contributed by atoms with E-state index in [1.165, 1.54) is 4.90 Å². The van der Waals surface area contributed by atoms with Crippen LogP contribution in [0.5, 0.6) is 11.6 Å². The number of nitrogens with zero attached hydrogens (tertiary/aromatic N) is 3. The number of nitrogens with one attached hydrogen (secondary N) is 3. The highest BCUT2D eigenvalue weighted by atomic mass is 16.6. The largest absolute Gasteiger partial charge is 0.480 e. The third-order valence-electron chi connectivity index (χ3n) is 6.89. The van der Waals surface area contributed by atoms with Gasteiger partial charge in [-0.1, -0.05) is 24.3 Å². The van der Waals surface area contributed by atoms with Crippen molar-refractivity contribution < 1.29 is 23.8 Å². The molecule has 1 aromatic carbocycles. The molecule has 2 atom stereocenters. The van der Waals surface area contributed by atoms with Crippen LogP contribution in [0.25, 0.3) is 11.3 Å². The SMILES string of the molecule is O=C1COc2ccc(N3CC(CCNCc4cccc(-c5cccc(OCC6CCN6)n5)c4)OC3=O)nc2N1. The molecule has 3 aliphatic rings. The van der Waals surface area contributed by atoms with Crippen LogP contribution in [-0.2, 0) is 16.1 Å². The molecular formula is C28H30N6O5. The van der Waals surface area contributed by atoms with Gasteiger partial charge in [0.2, 0.25) is 5.88 Å². The number of benzene rings is 1. The summed E-state index contributed by atoms with van der Waals surface area (Å²) in [5.74, 6) is 1.56. The predicted molar refractivity (Wildman–Crippen MR) is 144 cm³/mol. The number of amides is 2. The van der Waals surface area contributed by atoms with Crippen molar-refractivity contribution in [2.75, 3.05) is 43.1 Å². The van der Waals surface area contributed by atoms with Gasteiger partial charge in [-0.2, -0.15) is 0 Å². The molecule has 6 rings (SSSR count). The Bertz CT molecular complexity index is 1360. The maximum atomic E-state index is 12.5. The maximum absolute atomic E-state index is 12.5. The summed E-state index contributed by atoms with van der Waals surface area (Å²) in [6.45, 7) is 3.37. The Balaban J connectivity index is 0.989. The molecule has 0 radical (unpaired) electrons. The first-order valence-corrected chi connectivity index (χ1v) is 13.2. The summed E-state index contributed by atoms with van der Waals surface area (Å²) in [4.78, 5) is 34.6. The van der Waals surface area contributed by atoms with Crippen molar-refractivity contribution in [3.05, 3.63) is 60.2 Å². The van der Waals surface area contributed by atoms with Gasteiger partial charge in [-0.3, -0.25) is 9.69 Å². The van der Waals surface area contributed by atoms with Crippen molar-refractivity contribution in [1.29, 1.82) is 0 Å². The third-order valence-corrected chi connectivity index (χ3v) is 6.89. The number of carbonyl (C=O) groups excluding carboxylic acids is 2. The van der Waals surface area contributed by atoms with Crippen LogP contribution in [0.1, 0.15) is 18.4 Å². The van der Waals surface area contributed by atoms with E-state index in [2.05, 4.69) is 38.1 Å². The summed E-state index contributed by atoms with van der Waals surface area (Å²) < 4.78 is 16.7. The van der Waals surface area contributed by atoms with Gasteiger partial charge in [-0.05, 0) is 55.8 Å². The van der Waals surface area contributed by atoms with E-state index in [9.17, 15) is 9.59 Å². The molecule has 39 heavy (non-hydrogen) atoms. The molecule has 11 nitrogen and oxygen atoms in total. The van der Waals surface area contributed by atoms with Crippen molar-refractivity contribution in [3.63, 3.8) is 0 Å². The Morgan fingerprint density at radius 2 is 2.00 bits per heavy atom. The van der Waals surface area contributed by atoms with Gasteiger partial charge < -0.3 is 30.2 Å². The van der Waals surface area contributed by atoms with Crippen molar-refractivity contribution in [1.82, 2.24) is 20.6 Å². The van der Waals surface area contributed by atoms with Crippen LogP contribution in [0.4, 0.5) is 16.4 Å². The monoisotopic (exact) mass is 530 g/mol. The average molecular weight is 531 g/mol. The summed E-state index contributed by atoms with van der Waals surface area (Å²) in [7, 11) is 0. The van der Waals surface area contributed by atoms with Crippen LogP contribution in [0.15, 0.2) is 54.6 Å². The third kappa shape index (κ3) is 5.94. The second kappa shape index (κ2) is 11.3. The second-order valence-corrected chi connectivity index (χ2v) is 9.75. The molecule has 2 amide bonds. The van der Waals surface area contributed by atoms with Crippen LogP contribution in [-0.4, -0.2) is 67.0 Å². The zero-order chi connectivity index (χ0) is 26.6. The van der Waals surface area contributed by atoms with Gasteiger partial charge in [0, 0.05) is 24.2 Å². The lowest BCUT2D eigenvalue weighted by Crippen LogP contribution is -2.46. The number of aromatic nitrogens is 2. The van der Waals surface area contributed by atoms with Crippen molar-refractivity contribution in [2.24, 2.45) is 0 Å². The summed E-state index contributed by atoms with van der Waals surface area (Å²) in [5.41, 5.74) is 3.03. The van der Waals surface area contributed by atoms with Gasteiger partial charge in [0.25, 0.3) is 5.91 Å². The normalized spacial score (nSPS) is 19.9. The van der Waals surface area contributed by atoms with Crippen molar-refractivity contribution >= 4 is 23.6 Å². The molecule has 2 aromatic heterocycles. The van der Waals surface area contributed by atoms with Crippen LogP contribution in [0.2, 0.25) is 0 Å². The summed E-state index contributed by atoms with van der Waals surface area (Å²) in [5, 5.41) is 9.43. The molecule has 3 aliphatic heterocycles. The van der Waals surface area contributed by atoms with E-state index in [-0.39, 0.29) is 18.6 Å². The molecule has 0 bridgehead atoms. The van der Waals surface area contributed by atoms with E-state index >= 15 is 0 Å². The van der Waals surface area contributed by atoms with Crippen molar-refractivity contribution in [3.8, 4) is 22.9 Å². The van der Waals surface area contributed by atoms with E-state index in [0.29, 0.717) is 62.0 Å². The number of cyclic esters (lactones) is 1. The molecule has 202 valence electrons. The number of ether oxygens (including phenoxy) is 3. The van der Waals surface area contributed by atoms with Crippen LogP contribution in [0.3, 0.4) is 0 Å². The Morgan fingerprint density at radius 1 is 1.10 bits per heavy atom. The highest BCUT2D eigenvalue weighted by molar-refractivity contribution is 5.95. The van der Waals surface area contributed by atoms with Gasteiger partial charge in [0.1, 0.15) is 18.5 Å². The molecule has 2 unspecified atom stereocenters. The minimum atomic E-state index is -0.453. The van der Waals surface area contributed by atoms with E-state index in [0.717, 1.165) is 29.8 Å². The molecule has 0 saturated carbocycles. The first-order valence-electron chi connectivity index (χ1n) is 13.2. The van der Waals surface area contributed by atoms with Crippen LogP contribution >= 0.6 is 0 Å². The maximum Gasteiger partial charge on any atom is 0.415 e. The fourth-order valence-electron chi connectivity index (χ4n) is 4.63. The van der Waals surface area contributed by atoms with Gasteiger partial charge in [-0.15, -0.1) is 0 Å². The minimum absolute atomic E-state index is 0.0450. The summed E-state index contributed by atoms with van der Waals surface area (Å²) >= 11 is 0. The summed E-state index contributed by atoms with van der Waals surface area (Å²) in [6, 6.07) is 17.9. The zero-order valence-corrected chi connectivity index (χ0v) is 21.4. The topological polar surface area (TPSA) is 127 Å². The van der Waals surface area contributed by atoms with Gasteiger partial charge in [0.05, 0.1) is 12.2 Å². The Labute approximate surface area is 225 Å². The van der Waals surface area contributed by atoms with Gasteiger partial charge >= 0.3 is 6.09 Å². The number of carbonyl (C=O) groups is 2. The highest BCUT2D eigenvalue weighted by Gasteiger charge is 2.33. The lowest BCUT2D eigenvalue weighted by atomic mass is 10.1. The van der Waals surface area contributed by atoms with Crippen LogP contribution < -0.4 is 30.3 Å². The number of anilines is 2. The minimum Gasteiger partial charge on any atom is -0.480 e. The first kappa shape index (κ1) is 25.1. The smallest absolute Gasteiger partial charge is 0.415 e. The molecule has 2 fully saturated rings. The Morgan fingerprint density at radius 3 is 2.87 bits per heavy atom. The van der Waals surface area contributed by atoms with E-state index in [4.69, 9.17) is 14.2 Å². The molecule has 5 heterocycles. The molecule has 0 aliphatic carbocycles. The number of hydrogen-bond acceptors (Lipinski definition) is 9. The molecule has 3 aromatic rings. The molecule has 11 heteroatoms. The predicted octanol–water partition coefficient (Wildman–Crippen LogP) is 2.72. The molecule has 2 saturated heterocycles. The second-order valence-electron chi connectivity index (χ2n) is 9.75. The number of pyridine rings is 2. The van der Waals surface area contributed by atoms with E-state index < -0.39 is 6.09 Å². The van der Waals surface area contributed by atoms with Crippen molar-refractivity contribution in [2.45, 2.75) is 31.5 Å². The van der Waals surface area contributed by atoms with Gasteiger partial charge in [-0.25, -0.2) is 14.8 Å². The fourth-order valence-corrected chi connectivity index (χ4v) is 4.63. The van der Waals surface area contributed by atoms with E-state index in [1.54, 1.807) is 12.1 Å². The Kier molecular flexibility index (Phi) is 7.24. The zero-order valence-electron chi connectivity index (χ0n) is 21.4. The number of fused-ring (bicyclic) bond motifs is 1.